The first-order valence-electron chi connectivity index (χ1n) is 6.28. The van der Waals surface area contributed by atoms with Gasteiger partial charge in [-0.2, -0.15) is 0 Å². The molecule has 0 fully saturated rings. The van der Waals surface area contributed by atoms with Gasteiger partial charge in [0.25, 0.3) is 0 Å². The fourth-order valence-corrected chi connectivity index (χ4v) is 2.88. The van der Waals surface area contributed by atoms with Crippen LogP contribution >= 0.6 is 0 Å². The predicted octanol–water partition coefficient (Wildman–Crippen LogP) is 2.18. The third kappa shape index (κ3) is 4.04. The van der Waals surface area contributed by atoms with Crippen LogP contribution in [0.3, 0.4) is 0 Å². The molecular formula is C15H18O3S. The molecule has 4 heteroatoms. The van der Waals surface area contributed by atoms with E-state index in [1.54, 1.807) is 0 Å². The van der Waals surface area contributed by atoms with Crippen LogP contribution in [-0.4, -0.2) is 31.6 Å². The van der Waals surface area contributed by atoms with Gasteiger partial charge in [-0.25, -0.2) is 8.42 Å². The summed E-state index contributed by atoms with van der Waals surface area (Å²) >= 11 is 0. The number of hydrogen-bond acceptors (Lipinski definition) is 3. The molecule has 0 amide bonds. The van der Waals surface area contributed by atoms with Crippen LogP contribution in [0.5, 0.6) is 0 Å². The van der Waals surface area contributed by atoms with Crippen molar-refractivity contribution >= 4 is 20.6 Å². The van der Waals surface area contributed by atoms with Crippen LogP contribution < -0.4 is 0 Å². The zero-order valence-electron chi connectivity index (χ0n) is 10.9. The molecule has 2 aromatic rings. The van der Waals surface area contributed by atoms with E-state index in [0.717, 1.165) is 16.3 Å². The van der Waals surface area contributed by atoms with Gasteiger partial charge >= 0.3 is 0 Å². The van der Waals surface area contributed by atoms with E-state index in [1.165, 1.54) is 6.26 Å². The second kappa shape index (κ2) is 5.72. The van der Waals surface area contributed by atoms with Gasteiger partial charge in [0.1, 0.15) is 9.84 Å². The average Bonchev–Trinajstić information content (AvgIpc) is 2.36. The number of benzene rings is 2. The Morgan fingerprint density at radius 3 is 2.53 bits per heavy atom. The fraction of sp³-hybridized carbons (Fsp3) is 0.333. The molecule has 1 unspecified atom stereocenters. The molecule has 0 radical (unpaired) electrons. The summed E-state index contributed by atoms with van der Waals surface area (Å²) < 4.78 is 22.2. The summed E-state index contributed by atoms with van der Waals surface area (Å²) in [5.74, 6) is 0.0267. The van der Waals surface area contributed by atoms with Crippen molar-refractivity contribution < 1.29 is 13.5 Å². The van der Waals surface area contributed by atoms with E-state index in [4.69, 9.17) is 0 Å². The standard InChI is InChI=1S/C15H18O3S/c1-19(17,18)10-9-14(16)11-13-7-4-6-12-5-2-3-8-15(12)13/h2-8,14,16H,9-11H2,1H3. The summed E-state index contributed by atoms with van der Waals surface area (Å²) in [6.45, 7) is 0. The van der Waals surface area contributed by atoms with Crippen LogP contribution in [0, 0.1) is 0 Å². The van der Waals surface area contributed by atoms with E-state index in [9.17, 15) is 13.5 Å². The number of sulfone groups is 1. The molecule has 0 heterocycles. The Morgan fingerprint density at radius 1 is 1.11 bits per heavy atom. The Hall–Kier alpha value is -1.39. The van der Waals surface area contributed by atoms with E-state index in [0.29, 0.717) is 6.42 Å². The number of hydrogen-bond donors (Lipinski definition) is 1. The highest BCUT2D eigenvalue weighted by atomic mass is 32.2. The molecule has 2 rings (SSSR count). The molecule has 0 saturated heterocycles. The summed E-state index contributed by atoms with van der Waals surface area (Å²) in [4.78, 5) is 0. The van der Waals surface area contributed by atoms with E-state index in [1.807, 2.05) is 42.5 Å². The Bertz CT molecular complexity index is 657. The third-order valence-electron chi connectivity index (χ3n) is 3.16. The molecule has 0 aliphatic rings. The Balaban J connectivity index is 2.13. The largest absolute Gasteiger partial charge is 0.393 e. The maximum atomic E-state index is 11.1. The van der Waals surface area contributed by atoms with Gasteiger partial charge < -0.3 is 5.11 Å². The highest BCUT2D eigenvalue weighted by molar-refractivity contribution is 7.90. The summed E-state index contributed by atoms with van der Waals surface area (Å²) in [5.41, 5.74) is 1.05. The highest BCUT2D eigenvalue weighted by Gasteiger charge is 2.11. The smallest absolute Gasteiger partial charge is 0.147 e. The first-order valence-corrected chi connectivity index (χ1v) is 8.34. The van der Waals surface area contributed by atoms with Crippen LogP contribution in [0.4, 0.5) is 0 Å². The van der Waals surface area contributed by atoms with Crippen molar-refractivity contribution in [3.05, 3.63) is 48.0 Å². The molecular weight excluding hydrogens is 260 g/mol. The van der Waals surface area contributed by atoms with Gasteiger partial charge in [0.05, 0.1) is 11.9 Å². The lowest BCUT2D eigenvalue weighted by Crippen LogP contribution is -2.16. The maximum absolute atomic E-state index is 11.1. The lowest BCUT2D eigenvalue weighted by Gasteiger charge is -2.12. The molecule has 2 aromatic carbocycles. The maximum Gasteiger partial charge on any atom is 0.147 e. The quantitative estimate of drug-likeness (QED) is 0.912. The number of aliphatic hydroxyl groups excluding tert-OH is 1. The minimum absolute atomic E-state index is 0.0267. The van der Waals surface area contributed by atoms with Gasteiger partial charge in [-0.05, 0) is 29.2 Å². The monoisotopic (exact) mass is 278 g/mol. The SMILES string of the molecule is CS(=O)(=O)CCC(O)Cc1cccc2ccccc12. The first-order chi connectivity index (χ1) is 8.96. The third-order valence-corrected chi connectivity index (χ3v) is 4.13. The van der Waals surface area contributed by atoms with Gasteiger partial charge in [0, 0.05) is 6.26 Å². The van der Waals surface area contributed by atoms with E-state index >= 15 is 0 Å². The molecule has 0 aliphatic carbocycles. The zero-order chi connectivity index (χ0) is 13.9. The first kappa shape index (κ1) is 14.0. The number of fused-ring (bicyclic) bond motifs is 1. The fourth-order valence-electron chi connectivity index (χ4n) is 2.18. The Morgan fingerprint density at radius 2 is 1.79 bits per heavy atom. The predicted molar refractivity (Wildman–Crippen MR) is 78.0 cm³/mol. The van der Waals surface area contributed by atoms with Gasteiger partial charge in [0.2, 0.25) is 0 Å². The summed E-state index contributed by atoms with van der Waals surface area (Å²) in [7, 11) is -3.01. The lowest BCUT2D eigenvalue weighted by atomic mass is 9.99. The van der Waals surface area contributed by atoms with Crippen molar-refractivity contribution in [2.75, 3.05) is 12.0 Å². The van der Waals surface area contributed by atoms with Crippen LogP contribution in [0.25, 0.3) is 10.8 Å². The minimum Gasteiger partial charge on any atom is -0.393 e. The van der Waals surface area contributed by atoms with Gasteiger partial charge in [-0.1, -0.05) is 42.5 Å². The van der Waals surface area contributed by atoms with Gasteiger partial charge in [-0.15, -0.1) is 0 Å². The van der Waals surface area contributed by atoms with Crippen LogP contribution in [-0.2, 0) is 16.3 Å². The van der Waals surface area contributed by atoms with E-state index < -0.39 is 15.9 Å². The van der Waals surface area contributed by atoms with Crippen molar-refractivity contribution in [2.45, 2.75) is 18.9 Å². The lowest BCUT2D eigenvalue weighted by molar-refractivity contribution is 0.172. The second-order valence-corrected chi connectivity index (χ2v) is 7.17. The molecule has 0 saturated carbocycles. The minimum atomic E-state index is -3.01. The molecule has 1 N–H and O–H groups in total. The normalized spacial score (nSPS) is 13.6. The van der Waals surface area contributed by atoms with Crippen molar-refractivity contribution in [3.8, 4) is 0 Å². The number of aliphatic hydroxyl groups is 1. The molecule has 0 spiro atoms. The molecule has 0 aromatic heterocycles. The van der Waals surface area contributed by atoms with Crippen molar-refractivity contribution in [1.82, 2.24) is 0 Å². The van der Waals surface area contributed by atoms with Crippen molar-refractivity contribution in [2.24, 2.45) is 0 Å². The molecule has 1 atom stereocenters. The van der Waals surface area contributed by atoms with E-state index in [2.05, 4.69) is 0 Å². The Labute approximate surface area is 113 Å². The van der Waals surface area contributed by atoms with Crippen LogP contribution in [0.1, 0.15) is 12.0 Å². The summed E-state index contributed by atoms with van der Waals surface area (Å²) in [5, 5.41) is 12.2. The summed E-state index contributed by atoms with van der Waals surface area (Å²) in [6, 6.07) is 14.0. The Kier molecular flexibility index (Phi) is 4.22. The molecule has 102 valence electrons. The highest BCUT2D eigenvalue weighted by Crippen LogP contribution is 2.20. The zero-order valence-corrected chi connectivity index (χ0v) is 11.7. The van der Waals surface area contributed by atoms with Crippen molar-refractivity contribution in [1.29, 1.82) is 0 Å². The summed E-state index contributed by atoms with van der Waals surface area (Å²) in [6.07, 6.45) is 1.33. The molecule has 0 bridgehead atoms. The van der Waals surface area contributed by atoms with Crippen LogP contribution in [0.15, 0.2) is 42.5 Å². The van der Waals surface area contributed by atoms with Gasteiger partial charge in [-0.3, -0.25) is 0 Å². The second-order valence-electron chi connectivity index (χ2n) is 4.91. The molecule has 0 aliphatic heterocycles. The van der Waals surface area contributed by atoms with Crippen molar-refractivity contribution in [3.63, 3.8) is 0 Å². The topological polar surface area (TPSA) is 54.4 Å². The molecule has 19 heavy (non-hydrogen) atoms. The number of rotatable bonds is 5. The average molecular weight is 278 g/mol. The van der Waals surface area contributed by atoms with Crippen LogP contribution in [0.2, 0.25) is 0 Å². The van der Waals surface area contributed by atoms with E-state index in [-0.39, 0.29) is 12.2 Å². The molecule has 3 nitrogen and oxygen atoms in total. The van der Waals surface area contributed by atoms with Gasteiger partial charge in [0.15, 0.2) is 0 Å².